The number of benzene rings is 1. The summed E-state index contributed by atoms with van der Waals surface area (Å²) in [6.45, 7) is 12.5. The van der Waals surface area contributed by atoms with Gasteiger partial charge < -0.3 is 4.57 Å². The summed E-state index contributed by atoms with van der Waals surface area (Å²) in [6, 6.07) is 10.6. The monoisotopic (exact) mass is 276 g/mol. The van der Waals surface area contributed by atoms with Crippen LogP contribution in [0.25, 0.3) is 0 Å². The highest BCUT2D eigenvalue weighted by Gasteiger charge is 1.94. The number of imidazole rings is 1. The molecule has 0 fully saturated rings. The fourth-order valence-electron chi connectivity index (χ4n) is 1.41. The fourth-order valence-corrected chi connectivity index (χ4v) is 1.41. The molecule has 1 aromatic heterocycles. The van der Waals surface area contributed by atoms with Gasteiger partial charge in [-0.25, -0.2) is 4.98 Å². The number of hydrogen-bond donors (Lipinski definition) is 0. The SMILES string of the molecule is CC.CC.CC(C)Cc1ccccc1.Cn1ccnc1. The molecule has 0 N–H and O–H groups in total. The first-order chi connectivity index (χ1) is 9.68. The molecule has 114 valence electrons. The summed E-state index contributed by atoms with van der Waals surface area (Å²) >= 11 is 0. The van der Waals surface area contributed by atoms with Crippen LogP contribution in [0.5, 0.6) is 0 Å². The number of hydrogen-bond acceptors (Lipinski definition) is 1. The van der Waals surface area contributed by atoms with Crippen molar-refractivity contribution in [1.82, 2.24) is 9.55 Å². The van der Waals surface area contributed by atoms with Crippen molar-refractivity contribution in [3.8, 4) is 0 Å². The average Bonchev–Trinajstić information content (AvgIpc) is 2.95. The van der Waals surface area contributed by atoms with Gasteiger partial charge in [0, 0.05) is 19.4 Å². The minimum Gasteiger partial charge on any atom is -0.341 e. The summed E-state index contributed by atoms with van der Waals surface area (Å²) in [5.74, 6) is 0.766. The molecule has 0 aliphatic carbocycles. The van der Waals surface area contributed by atoms with E-state index in [0.29, 0.717) is 0 Å². The normalized spacial score (nSPS) is 8.40. The molecule has 2 aromatic rings. The van der Waals surface area contributed by atoms with Gasteiger partial charge in [0.15, 0.2) is 0 Å². The van der Waals surface area contributed by atoms with Crippen LogP contribution in [0.2, 0.25) is 0 Å². The third kappa shape index (κ3) is 12.9. The third-order valence-electron chi connectivity index (χ3n) is 2.12. The molecular weight excluding hydrogens is 244 g/mol. The Morgan fingerprint density at radius 3 is 1.85 bits per heavy atom. The van der Waals surface area contributed by atoms with Crippen molar-refractivity contribution in [2.75, 3.05) is 0 Å². The highest BCUT2D eigenvalue weighted by atomic mass is 15.0. The van der Waals surface area contributed by atoms with Crippen LogP contribution in [0.4, 0.5) is 0 Å². The van der Waals surface area contributed by atoms with E-state index in [2.05, 4.69) is 49.2 Å². The summed E-state index contributed by atoms with van der Waals surface area (Å²) in [5.41, 5.74) is 1.44. The predicted octanol–water partition coefficient (Wildman–Crippen LogP) is 5.36. The van der Waals surface area contributed by atoms with Gasteiger partial charge in [-0.2, -0.15) is 0 Å². The Bertz CT molecular complexity index is 364. The summed E-state index contributed by atoms with van der Waals surface area (Å²) in [4.78, 5) is 3.78. The lowest BCUT2D eigenvalue weighted by atomic mass is 10.0. The zero-order valence-corrected chi connectivity index (χ0v) is 14.3. The number of rotatable bonds is 2. The van der Waals surface area contributed by atoms with Crippen LogP contribution in [0.3, 0.4) is 0 Å². The minimum absolute atomic E-state index is 0.766. The Kier molecular flexibility index (Phi) is 16.1. The van der Waals surface area contributed by atoms with Gasteiger partial charge in [0.25, 0.3) is 0 Å². The van der Waals surface area contributed by atoms with E-state index < -0.39 is 0 Å². The largest absolute Gasteiger partial charge is 0.341 e. The van der Waals surface area contributed by atoms with Crippen molar-refractivity contribution in [2.45, 2.75) is 48.0 Å². The Balaban J connectivity index is 0. The van der Waals surface area contributed by atoms with Gasteiger partial charge in [0.05, 0.1) is 6.33 Å². The third-order valence-corrected chi connectivity index (χ3v) is 2.12. The second-order valence-corrected chi connectivity index (χ2v) is 4.31. The van der Waals surface area contributed by atoms with Gasteiger partial charge in [-0.05, 0) is 17.9 Å². The van der Waals surface area contributed by atoms with Crippen molar-refractivity contribution in [2.24, 2.45) is 13.0 Å². The second kappa shape index (κ2) is 15.5. The first-order valence-electron chi connectivity index (χ1n) is 7.64. The van der Waals surface area contributed by atoms with Crippen molar-refractivity contribution >= 4 is 0 Å². The molecule has 0 radical (unpaired) electrons. The zero-order chi connectivity index (χ0) is 15.8. The topological polar surface area (TPSA) is 17.8 Å². The van der Waals surface area contributed by atoms with Crippen LogP contribution >= 0.6 is 0 Å². The minimum atomic E-state index is 0.766. The van der Waals surface area contributed by atoms with E-state index in [-0.39, 0.29) is 0 Å². The molecule has 0 unspecified atom stereocenters. The second-order valence-electron chi connectivity index (χ2n) is 4.31. The van der Waals surface area contributed by atoms with Crippen LogP contribution in [-0.4, -0.2) is 9.55 Å². The van der Waals surface area contributed by atoms with Crippen molar-refractivity contribution in [1.29, 1.82) is 0 Å². The maximum Gasteiger partial charge on any atom is 0.0943 e. The molecule has 0 atom stereocenters. The molecule has 2 rings (SSSR count). The van der Waals surface area contributed by atoms with E-state index >= 15 is 0 Å². The Morgan fingerprint density at radius 2 is 1.55 bits per heavy atom. The van der Waals surface area contributed by atoms with E-state index in [1.54, 1.807) is 12.5 Å². The van der Waals surface area contributed by atoms with E-state index in [9.17, 15) is 0 Å². The van der Waals surface area contributed by atoms with E-state index in [1.165, 1.54) is 12.0 Å². The Hall–Kier alpha value is -1.57. The molecule has 20 heavy (non-hydrogen) atoms. The molecule has 0 aliphatic heterocycles. The van der Waals surface area contributed by atoms with Crippen LogP contribution in [0, 0.1) is 5.92 Å². The number of nitrogens with zero attached hydrogens (tertiary/aromatic N) is 2. The first-order valence-corrected chi connectivity index (χ1v) is 7.64. The molecule has 0 spiro atoms. The standard InChI is InChI=1S/C10H14.C4H6N2.2C2H6/c1-9(2)8-10-6-4-3-5-7-10;1-6-3-2-5-4-6;2*1-2/h3-7,9H,8H2,1-2H3;2-4H,1H3;2*1-2H3. The molecule has 2 nitrogen and oxygen atoms in total. The summed E-state index contributed by atoms with van der Waals surface area (Å²) in [5, 5.41) is 0. The predicted molar refractivity (Wildman–Crippen MR) is 90.9 cm³/mol. The number of aryl methyl sites for hydroxylation is 1. The van der Waals surface area contributed by atoms with E-state index in [1.807, 2.05) is 45.5 Å². The van der Waals surface area contributed by atoms with Gasteiger partial charge in [-0.3, -0.25) is 0 Å². The van der Waals surface area contributed by atoms with Crippen LogP contribution in [0.1, 0.15) is 47.1 Å². The molecule has 0 aliphatic rings. The molecule has 0 bridgehead atoms. The van der Waals surface area contributed by atoms with Crippen LogP contribution in [-0.2, 0) is 13.5 Å². The molecule has 1 heterocycles. The van der Waals surface area contributed by atoms with E-state index in [0.717, 1.165) is 5.92 Å². The molecular formula is C18H32N2. The van der Waals surface area contributed by atoms with Gasteiger partial charge in [0.1, 0.15) is 0 Å². The van der Waals surface area contributed by atoms with Crippen molar-refractivity contribution < 1.29 is 0 Å². The average molecular weight is 276 g/mol. The lowest BCUT2D eigenvalue weighted by Gasteiger charge is -2.02. The van der Waals surface area contributed by atoms with Crippen LogP contribution in [0.15, 0.2) is 49.1 Å². The van der Waals surface area contributed by atoms with Crippen molar-refractivity contribution in [3.63, 3.8) is 0 Å². The van der Waals surface area contributed by atoms with E-state index in [4.69, 9.17) is 0 Å². The van der Waals surface area contributed by atoms with Gasteiger partial charge in [-0.1, -0.05) is 71.9 Å². The lowest BCUT2D eigenvalue weighted by molar-refractivity contribution is 0.647. The highest BCUT2D eigenvalue weighted by Crippen LogP contribution is 2.05. The van der Waals surface area contributed by atoms with Gasteiger partial charge in [0.2, 0.25) is 0 Å². The number of aromatic nitrogens is 2. The zero-order valence-electron chi connectivity index (χ0n) is 14.3. The molecule has 0 amide bonds. The maximum atomic E-state index is 3.78. The first kappa shape index (κ1) is 20.7. The quantitative estimate of drug-likeness (QED) is 0.722. The summed E-state index contributed by atoms with van der Waals surface area (Å²) in [7, 11) is 1.94. The fraction of sp³-hybridized carbons (Fsp3) is 0.500. The van der Waals surface area contributed by atoms with Crippen LogP contribution < -0.4 is 0 Å². The lowest BCUT2D eigenvalue weighted by Crippen LogP contribution is -1.92. The maximum absolute atomic E-state index is 3.78. The summed E-state index contributed by atoms with van der Waals surface area (Å²) in [6.07, 6.45) is 6.58. The van der Waals surface area contributed by atoms with Gasteiger partial charge >= 0.3 is 0 Å². The Labute approximate surface area is 125 Å². The van der Waals surface area contributed by atoms with Gasteiger partial charge in [-0.15, -0.1) is 0 Å². The van der Waals surface area contributed by atoms with Crippen molar-refractivity contribution in [3.05, 3.63) is 54.6 Å². The molecule has 0 saturated heterocycles. The molecule has 2 heteroatoms. The molecule has 1 aromatic carbocycles. The highest BCUT2D eigenvalue weighted by molar-refractivity contribution is 5.14. The smallest absolute Gasteiger partial charge is 0.0943 e. The summed E-state index contributed by atoms with van der Waals surface area (Å²) < 4.78 is 1.89. The molecule has 0 saturated carbocycles. The Morgan fingerprint density at radius 1 is 1.00 bits per heavy atom.